The number of aromatic amines is 1. The first-order valence-electron chi connectivity index (χ1n) is 10.2. The first-order chi connectivity index (χ1) is 13.7. The van der Waals surface area contributed by atoms with Gasteiger partial charge in [-0.1, -0.05) is 24.3 Å². The van der Waals surface area contributed by atoms with Crippen LogP contribution in [0.2, 0.25) is 0 Å². The van der Waals surface area contributed by atoms with Crippen LogP contribution in [0.15, 0.2) is 53.5 Å². The van der Waals surface area contributed by atoms with Gasteiger partial charge in [0.05, 0.1) is 0 Å². The zero-order chi connectivity index (χ0) is 19.1. The summed E-state index contributed by atoms with van der Waals surface area (Å²) in [5.74, 6) is 0.934. The molecular weight excluding hydrogens is 350 g/mol. The van der Waals surface area contributed by atoms with Gasteiger partial charge in [-0.2, -0.15) is 0 Å². The third-order valence-corrected chi connectivity index (χ3v) is 6.34. The van der Waals surface area contributed by atoms with Crippen LogP contribution >= 0.6 is 0 Å². The molecule has 0 aliphatic carbocycles. The lowest BCUT2D eigenvalue weighted by molar-refractivity contribution is -0.134. The van der Waals surface area contributed by atoms with E-state index in [0.717, 1.165) is 50.1 Å². The zero-order valence-corrected chi connectivity index (χ0v) is 15.9. The van der Waals surface area contributed by atoms with Crippen molar-refractivity contribution >= 4 is 16.8 Å². The fourth-order valence-corrected chi connectivity index (χ4v) is 5.03. The van der Waals surface area contributed by atoms with E-state index in [9.17, 15) is 9.59 Å². The molecule has 1 saturated heterocycles. The van der Waals surface area contributed by atoms with E-state index < -0.39 is 0 Å². The van der Waals surface area contributed by atoms with Gasteiger partial charge in [0.15, 0.2) is 0 Å². The van der Waals surface area contributed by atoms with E-state index in [0.29, 0.717) is 18.3 Å². The maximum absolute atomic E-state index is 12.8. The van der Waals surface area contributed by atoms with Gasteiger partial charge >= 0.3 is 0 Å². The number of carbonyl (C=O) groups is 1. The number of likely N-dealkylation sites (tertiary alicyclic amines) is 1. The number of piperidine rings is 1. The van der Waals surface area contributed by atoms with E-state index in [-0.39, 0.29) is 11.5 Å². The smallest absolute Gasteiger partial charge is 0.250 e. The number of amides is 1. The average Bonchev–Trinajstić information content (AvgIpc) is 3.12. The number of carbonyl (C=O) groups excluding carboxylic acids is 1. The monoisotopic (exact) mass is 375 g/mol. The molecule has 2 aliphatic heterocycles. The van der Waals surface area contributed by atoms with Crippen molar-refractivity contribution in [1.29, 1.82) is 0 Å². The van der Waals surface area contributed by atoms with Gasteiger partial charge in [0.1, 0.15) is 0 Å². The van der Waals surface area contributed by atoms with Crippen molar-refractivity contribution in [1.82, 2.24) is 14.5 Å². The number of aryl methyl sites for hydroxylation is 1. The second-order valence-corrected chi connectivity index (χ2v) is 8.21. The Morgan fingerprint density at radius 3 is 2.89 bits per heavy atom. The summed E-state index contributed by atoms with van der Waals surface area (Å²) < 4.78 is 1.91. The number of nitrogens with zero attached hydrogens (tertiary/aromatic N) is 2. The van der Waals surface area contributed by atoms with E-state index in [2.05, 4.69) is 29.4 Å². The van der Waals surface area contributed by atoms with E-state index in [4.69, 9.17) is 0 Å². The lowest BCUT2D eigenvalue weighted by Gasteiger charge is -2.42. The predicted molar refractivity (Wildman–Crippen MR) is 109 cm³/mol. The lowest BCUT2D eigenvalue weighted by atomic mass is 9.83. The molecule has 5 nitrogen and oxygen atoms in total. The highest BCUT2D eigenvalue weighted by atomic mass is 16.2. The maximum Gasteiger partial charge on any atom is 0.250 e. The molecule has 1 amide bonds. The van der Waals surface area contributed by atoms with Crippen LogP contribution in [0.25, 0.3) is 10.9 Å². The molecule has 2 aliphatic rings. The van der Waals surface area contributed by atoms with Gasteiger partial charge in [0, 0.05) is 60.8 Å². The quantitative estimate of drug-likeness (QED) is 0.761. The average molecular weight is 375 g/mol. The molecule has 1 fully saturated rings. The first kappa shape index (κ1) is 17.3. The van der Waals surface area contributed by atoms with Crippen LogP contribution in [-0.2, 0) is 17.8 Å². The molecule has 144 valence electrons. The molecule has 1 aromatic carbocycles. The van der Waals surface area contributed by atoms with Crippen LogP contribution in [0.5, 0.6) is 0 Å². The highest BCUT2D eigenvalue weighted by Gasteiger charge is 2.35. The fourth-order valence-electron chi connectivity index (χ4n) is 5.03. The second kappa shape index (κ2) is 6.97. The molecule has 0 spiro atoms. The first-order valence-corrected chi connectivity index (χ1v) is 10.2. The molecule has 2 bridgehead atoms. The number of para-hydroxylation sites is 1. The molecule has 28 heavy (non-hydrogen) atoms. The van der Waals surface area contributed by atoms with Gasteiger partial charge in [0.2, 0.25) is 5.91 Å². The number of pyridine rings is 1. The van der Waals surface area contributed by atoms with Gasteiger partial charge in [-0.15, -0.1) is 0 Å². The van der Waals surface area contributed by atoms with E-state index in [1.54, 1.807) is 6.07 Å². The summed E-state index contributed by atoms with van der Waals surface area (Å²) in [6.45, 7) is 2.26. The normalized spacial score (nSPS) is 20.9. The minimum absolute atomic E-state index is 0.0886. The molecule has 0 radical (unpaired) electrons. The van der Waals surface area contributed by atoms with Crippen LogP contribution in [0.3, 0.4) is 0 Å². The lowest BCUT2D eigenvalue weighted by Crippen LogP contribution is -2.49. The summed E-state index contributed by atoms with van der Waals surface area (Å²) >= 11 is 0. The number of H-pyrrole nitrogens is 1. The third kappa shape index (κ3) is 3.05. The van der Waals surface area contributed by atoms with Gasteiger partial charge in [-0.25, -0.2) is 0 Å². The Labute approximate surface area is 164 Å². The van der Waals surface area contributed by atoms with Crippen molar-refractivity contribution in [2.24, 2.45) is 5.92 Å². The van der Waals surface area contributed by atoms with Crippen molar-refractivity contribution in [3.63, 3.8) is 0 Å². The van der Waals surface area contributed by atoms with Crippen LogP contribution in [0.1, 0.15) is 36.4 Å². The SMILES string of the molecule is O=C(CCCc1c[nH]c2ccccc12)N1C[C@H]2C[C@@H](C1)c1cccc(=O)n1C2. The number of nitrogens with one attached hydrogen (secondary N) is 1. The minimum Gasteiger partial charge on any atom is -0.361 e. The Balaban J connectivity index is 1.23. The molecule has 4 heterocycles. The van der Waals surface area contributed by atoms with Gasteiger partial charge in [-0.05, 0) is 42.9 Å². The van der Waals surface area contributed by atoms with Crippen molar-refractivity contribution < 1.29 is 4.79 Å². The Hall–Kier alpha value is -2.82. The Morgan fingerprint density at radius 2 is 1.96 bits per heavy atom. The summed E-state index contributed by atoms with van der Waals surface area (Å²) in [4.78, 5) is 30.3. The third-order valence-electron chi connectivity index (χ3n) is 6.34. The highest BCUT2D eigenvalue weighted by Crippen LogP contribution is 2.35. The Bertz CT molecular complexity index is 1080. The van der Waals surface area contributed by atoms with E-state index >= 15 is 0 Å². The molecule has 5 rings (SSSR count). The molecular formula is C23H25N3O2. The number of rotatable bonds is 4. The summed E-state index contributed by atoms with van der Waals surface area (Å²) in [5, 5.41) is 1.25. The van der Waals surface area contributed by atoms with Gasteiger partial charge in [0.25, 0.3) is 5.56 Å². The maximum atomic E-state index is 12.8. The van der Waals surface area contributed by atoms with Gasteiger partial charge in [-0.3, -0.25) is 9.59 Å². The van der Waals surface area contributed by atoms with Gasteiger partial charge < -0.3 is 14.5 Å². The Kier molecular flexibility index (Phi) is 4.30. The zero-order valence-electron chi connectivity index (χ0n) is 15.9. The molecule has 3 aromatic rings. The van der Waals surface area contributed by atoms with Crippen molar-refractivity contribution in [2.45, 2.75) is 38.1 Å². The van der Waals surface area contributed by atoms with Crippen LogP contribution in [0, 0.1) is 5.92 Å². The van der Waals surface area contributed by atoms with Crippen LogP contribution in [-0.4, -0.2) is 33.4 Å². The minimum atomic E-state index is 0.0886. The predicted octanol–water partition coefficient (Wildman–Crippen LogP) is 3.30. The van der Waals surface area contributed by atoms with Crippen LogP contribution in [0.4, 0.5) is 0 Å². The highest BCUT2D eigenvalue weighted by molar-refractivity contribution is 5.83. The Morgan fingerprint density at radius 1 is 1.07 bits per heavy atom. The van der Waals surface area contributed by atoms with E-state index in [1.807, 2.05) is 27.7 Å². The molecule has 2 aromatic heterocycles. The van der Waals surface area contributed by atoms with E-state index in [1.165, 1.54) is 10.9 Å². The number of fused-ring (bicyclic) bond motifs is 5. The summed E-state index contributed by atoms with van der Waals surface area (Å²) in [7, 11) is 0. The fraction of sp³-hybridized carbons (Fsp3) is 0.391. The second-order valence-electron chi connectivity index (χ2n) is 8.21. The molecule has 0 saturated carbocycles. The number of benzene rings is 1. The summed E-state index contributed by atoms with van der Waals surface area (Å²) in [5.41, 5.74) is 3.62. The molecule has 2 atom stereocenters. The summed E-state index contributed by atoms with van der Waals surface area (Å²) in [6.07, 6.45) is 5.51. The van der Waals surface area contributed by atoms with Crippen molar-refractivity contribution in [3.05, 3.63) is 70.3 Å². The van der Waals surface area contributed by atoms with Crippen LogP contribution < -0.4 is 5.56 Å². The molecule has 0 unspecified atom stereocenters. The van der Waals surface area contributed by atoms with Crippen molar-refractivity contribution in [3.8, 4) is 0 Å². The summed E-state index contributed by atoms with van der Waals surface area (Å²) in [6, 6.07) is 13.8. The largest absolute Gasteiger partial charge is 0.361 e. The number of hydrogen-bond acceptors (Lipinski definition) is 2. The number of hydrogen-bond donors (Lipinski definition) is 1. The molecule has 1 N–H and O–H groups in total. The molecule has 5 heteroatoms. The number of aromatic nitrogens is 2. The standard InChI is InChI=1S/C23H25N3O2/c27-22(9-3-5-17-12-24-20-7-2-1-6-19(17)20)25-13-16-11-18(15-25)21-8-4-10-23(28)26(21)14-16/h1-2,4,6-8,10,12,16,18,24H,3,5,9,11,13-15H2/t16-,18+/m1/s1. The topological polar surface area (TPSA) is 58.1 Å². The van der Waals surface area contributed by atoms with Crippen molar-refractivity contribution in [2.75, 3.05) is 13.1 Å².